The summed E-state index contributed by atoms with van der Waals surface area (Å²) >= 11 is 0. The fourth-order valence-electron chi connectivity index (χ4n) is 2.66. The number of ether oxygens (including phenoxy) is 2. The Kier molecular flexibility index (Phi) is 6.29. The molecule has 0 saturated carbocycles. The van der Waals surface area contributed by atoms with Crippen LogP contribution in [-0.4, -0.2) is 51.3 Å². The highest BCUT2D eigenvalue weighted by molar-refractivity contribution is 5.79. The predicted molar refractivity (Wildman–Crippen MR) is 81.2 cm³/mol. The maximum absolute atomic E-state index is 13.8. The van der Waals surface area contributed by atoms with Gasteiger partial charge in [-0.1, -0.05) is 6.07 Å². The zero-order valence-electron chi connectivity index (χ0n) is 13.4. The van der Waals surface area contributed by atoms with E-state index in [0.29, 0.717) is 13.2 Å². The predicted octanol–water partition coefficient (Wildman–Crippen LogP) is 1.56. The average molecular weight is 328 g/mol. The molecular weight excluding hydrogens is 306 g/mol. The molecule has 23 heavy (non-hydrogen) atoms. The van der Waals surface area contributed by atoms with Gasteiger partial charge in [-0.25, -0.2) is 4.39 Å². The van der Waals surface area contributed by atoms with Crippen molar-refractivity contribution in [1.82, 2.24) is 10.2 Å². The van der Waals surface area contributed by atoms with Gasteiger partial charge >= 0.3 is 0 Å². The molecule has 7 heteroatoms. The maximum atomic E-state index is 13.8. The number of halogens is 2. The third-order valence-corrected chi connectivity index (χ3v) is 4.05. The molecule has 1 atom stereocenters. The second kappa shape index (κ2) is 8.21. The summed E-state index contributed by atoms with van der Waals surface area (Å²) in [6, 6.07) is 2.76. The minimum absolute atomic E-state index is 0.0415. The Balaban J connectivity index is 1.87. The van der Waals surface area contributed by atoms with Crippen molar-refractivity contribution in [3.63, 3.8) is 0 Å². The van der Waals surface area contributed by atoms with Gasteiger partial charge in [-0.15, -0.1) is 0 Å². The van der Waals surface area contributed by atoms with Crippen molar-refractivity contribution in [3.8, 4) is 5.75 Å². The first-order chi connectivity index (χ1) is 11.1. The third kappa shape index (κ3) is 4.39. The number of likely N-dealkylation sites (tertiary alicyclic amines) is 1. The smallest absolute Gasteiger partial charge is 0.224 e. The highest BCUT2D eigenvalue weighted by Crippen LogP contribution is 2.22. The molecule has 0 aliphatic carbocycles. The van der Waals surface area contributed by atoms with Crippen molar-refractivity contribution in [3.05, 3.63) is 29.3 Å². The number of methoxy groups -OCH3 is 2. The molecule has 0 unspecified atom stereocenters. The molecule has 1 fully saturated rings. The highest BCUT2D eigenvalue weighted by Gasteiger charge is 2.28. The lowest BCUT2D eigenvalue weighted by molar-refractivity contribution is -0.124. The van der Waals surface area contributed by atoms with Crippen LogP contribution in [0.3, 0.4) is 0 Å². The lowest BCUT2D eigenvalue weighted by atomic mass is 10.1. The van der Waals surface area contributed by atoms with E-state index < -0.39 is 11.6 Å². The van der Waals surface area contributed by atoms with Crippen LogP contribution in [0.4, 0.5) is 8.78 Å². The van der Waals surface area contributed by atoms with Gasteiger partial charge in [0, 0.05) is 32.3 Å². The van der Waals surface area contributed by atoms with Gasteiger partial charge in [0.25, 0.3) is 0 Å². The van der Waals surface area contributed by atoms with Crippen molar-refractivity contribution in [2.45, 2.75) is 13.0 Å². The van der Waals surface area contributed by atoms with Gasteiger partial charge in [-0.05, 0) is 19.0 Å². The fourth-order valence-corrected chi connectivity index (χ4v) is 2.66. The van der Waals surface area contributed by atoms with Gasteiger partial charge in [0.05, 0.1) is 19.6 Å². The molecule has 1 aromatic carbocycles. The Bertz CT molecular complexity index is 554. The fraction of sp³-hybridized carbons (Fsp3) is 0.562. The Morgan fingerprint density at radius 1 is 1.35 bits per heavy atom. The molecule has 1 aliphatic rings. The summed E-state index contributed by atoms with van der Waals surface area (Å²) in [5, 5.41) is 2.68. The molecule has 0 aromatic heterocycles. The molecular formula is C16H22F2N2O3. The number of hydrogen-bond donors (Lipinski definition) is 1. The van der Waals surface area contributed by atoms with Crippen molar-refractivity contribution in [2.75, 3.05) is 40.5 Å². The van der Waals surface area contributed by atoms with E-state index >= 15 is 0 Å². The van der Waals surface area contributed by atoms with Gasteiger partial charge in [0.15, 0.2) is 11.6 Å². The summed E-state index contributed by atoms with van der Waals surface area (Å²) in [6.45, 7) is 2.88. The number of nitrogens with zero attached hydrogens (tertiary/aromatic N) is 1. The second-order valence-corrected chi connectivity index (χ2v) is 5.55. The van der Waals surface area contributed by atoms with E-state index in [9.17, 15) is 13.6 Å². The van der Waals surface area contributed by atoms with Gasteiger partial charge < -0.3 is 19.7 Å². The molecule has 2 rings (SSSR count). The molecule has 1 aromatic rings. The van der Waals surface area contributed by atoms with E-state index in [-0.39, 0.29) is 29.7 Å². The van der Waals surface area contributed by atoms with Gasteiger partial charge in [0.1, 0.15) is 0 Å². The van der Waals surface area contributed by atoms with Crippen LogP contribution >= 0.6 is 0 Å². The van der Waals surface area contributed by atoms with Crippen LogP contribution in [-0.2, 0) is 16.1 Å². The number of carbonyl (C=O) groups excluding carboxylic acids is 1. The zero-order valence-corrected chi connectivity index (χ0v) is 13.4. The number of hydrogen-bond acceptors (Lipinski definition) is 4. The summed E-state index contributed by atoms with van der Waals surface area (Å²) in [5.74, 6) is -2.44. The standard InChI is InChI=1S/C16H22F2N2O3/c1-22-8-7-20-6-5-12(10-20)16(21)19-9-11-3-4-13(23-2)15(18)14(11)17/h3-4,12H,5-10H2,1-2H3,(H,19,21)/t12-/m0/s1. The zero-order chi connectivity index (χ0) is 16.8. The summed E-state index contributed by atoms with van der Waals surface area (Å²) in [5.41, 5.74) is 0.103. The molecule has 1 heterocycles. The Labute approximate surface area is 134 Å². The van der Waals surface area contributed by atoms with Gasteiger partial charge in [-0.2, -0.15) is 4.39 Å². The van der Waals surface area contributed by atoms with Crippen molar-refractivity contribution >= 4 is 5.91 Å². The molecule has 5 nitrogen and oxygen atoms in total. The van der Waals surface area contributed by atoms with Crippen LogP contribution in [0.2, 0.25) is 0 Å². The molecule has 1 N–H and O–H groups in total. The highest BCUT2D eigenvalue weighted by atomic mass is 19.2. The van der Waals surface area contributed by atoms with E-state index in [1.165, 1.54) is 19.2 Å². The van der Waals surface area contributed by atoms with Crippen LogP contribution in [0.25, 0.3) is 0 Å². The number of amides is 1. The summed E-state index contributed by atoms with van der Waals surface area (Å²) in [6.07, 6.45) is 0.759. The number of nitrogens with one attached hydrogen (secondary N) is 1. The van der Waals surface area contributed by atoms with Gasteiger partial charge in [-0.3, -0.25) is 4.79 Å². The van der Waals surface area contributed by atoms with E-state index in [0.717, 1.165) is 19.5 Å². The van der Waals surface area contributed by atoms with E-state index in [1.54, 1.807) is 7.11 Å². The van der Waals surface area contributed by atoms with Crippen LogP contribution in [0.1, 0.15) is 12.0 Å². The lowest BCUT2D eigenvalue weighted by Gasteiger charge is -2.15. The normalized spacial score (nSPS) is 18.2. The Morgan fingerprint density at radius 3 is 2.83 bits per heavy atom. The molecule has 1 saturated heterocycles. The minimum Gasteiger partial charge on any atom is -0.494 e. The van der Waals surface area contributed by atoms with Crippen molar-refractivity contribution < 1.29 is 23.0 Å². The van der Waals surface area contributed by atoms with Gasteiger partial charge in [0.2, 0.25) is 11.7 Å². The van der Waals surface area contributed by atoms with Crippen LogP contribution < -0.4 is 10.1 Å². The topological polar surface area (TPSA) is 50.8 Å². The first-order valence-electron chi connectivity index (χ1n) is 7.56. The van der Waals surface area contributed by atoms with E-state index in [2.05, 4.69) is 10.2 Å². The third-order valence-electron chi connectivity index (χ3n) is 4.05. The Morgan fingerprint density at radius 2 is 2.13 bits per heavy atom. The van der Waals surface area contributed by atoms with Crippen molar-refractivity contribution in [1.29, 1.82) is 0 Å². The molecule has 0 bridgehead atoms. The molecule has 0 radical (unpaired) electrons. The Hall–Kier alpha value is -1.73. The van der Waals surface area contributed by atoms with E-state index in [4.69, 9.17) is 9.47 Å². The average Bonchev–Trinajstić information content (AvgIpc) is 3.03. The SMILES string of the molecule is COCCN1CC[C@H](C(=O)NCc2ccc(OC)c(F)c2F)C1. The molecule has 1 aliphatic heterocycles. The van der Waals surface area contributed by atoms with Crippen molar-refractivity contribution in [2.24, 2.45) is 5.92 Å². The van der Waals surface area contributed by atoms with E-state index in [1.807, 2.05) is 0 Å². The monoisotopic (exact) mass is 328 g/mol. The molecule has 0 spiro atoms. The first-order valence-corrected chi connectivity index (χ1v) is 7.56. The minimum atomic E-state index is -1.04. The number of rotatable bonds is 7. The number of carbonyl (C=O) groups is 1. The second-order valence-electron chi connectivity index (χ2n) is 5.55. The number of benzene rings is 1. The largest absolute Gasteiger partial charge is 0.494 e. The van der Waals surface area contributed by atoms with Crippen LogP contribution in [0.5, 0.6) is 5.75 Å². The quantitative estimate of drug-likeness (QED) is 0.825. The summed E-state index contributed by atoms with van der Waals surface area (Å²) in [4.78, 5) is 14.3. The maximum Gasteiger partial charge on any atom is 0.224 e. The summed E-state index contributed by atoms with van der Waals surface area (Å²) in [7, 11) is 2.91. The first kappa shape index (κ1) is 17.6. The van der Waals surface area contributed by atoms with Crippen LogP contribution in [0.15, 0.2) is 12.1 Å². The van der Waals surface area contributed by atoms with Crippen LogP contribution in [0, 0.1) is 17.6 Å². The lowest BCUT2D eigenvalue weighted by Crippen LogP contribution is -2.33. The summed E-state index contributed by atoms with van der Waals surface area (Å²) < 4.78 is 37.2. The molecule has 1 amide bonds. The molecule has 128 valence electrons.